The summed E-state index contributed by atoms with van der Waals surface area (Å²) in [6.45, 7) is 3.58. The van der Waals surface area contributed by atoms with Crippen molar-refractivity contribution >= 4 is 23.1 Å². The molecule has 0 aromatic heterocycles. The van der Waals surface area contributed by atoms with Crippen molar-refractivity contribution < 1.29 is 28.5 Å². The van der Waals surface area contributed by atoms with Crippen LogP contribution in [-0.4, -0.2) is 51.2 Å². The molecule has 2 aromatic carbocycles. The van der Waals surface area contributed by atoms with E-state index >= 15 is 0 Å². The maximum atomic E-state index is 13.3. The van der Waals surface area contributed by atoms with Crippen LogP contribution in [0.15, 0.2) is 42.1 Å². The maximum absolute atomic E-state index is 13.3. The minimum Gasteiger partial charge on any atom is -0.496 e. The first-order valence-corrected chi connectivity index (χ1v) is 9.70. The van der Waals surface area contributed by atoms with Crippen LogP contribution in [0.3, 0.4) is 0 Å². The zero-order valence-electron chi connectivity index (χ0n) is 18.4. The summed E-state index contributed by atoms with van der Waals surface area (Å²) in [7, 11) is 6.04. The lowest BCUT2D eigenvalue weighted by atomic mass is 10.0. The van der Waals surface area contributed by atoms with Crippen LogP contribution < -0.4 is 24.3 Å². The standard InChI is InChI=1S/C23H26N2O6/c1-13(2)25-22(26)19(15-9-7-8-10-16(15)28-3)20(23(25)27)24-14-11-17(29-4)21(31-6)18(12-14)30-5/h7-13,24H,1-6H3. The molecule has 31 heavy (non-hydrogen) atoms. The number of carbonyl (C=O) groups is 2. The molecule has 164 valence electrons. The molecule has 0 saturated heterocycles. The number of imide groups is 1. The number of anilines is 1. The van der Waals surface area contributed by atoms with Crippen LogP contribution >= 0.6 is 0 Å². The Morgan fingerprint density at radius 1 is 0.806 bits per heavy atom. The number of hydrogen-bond donors (Lipinski definition) is 1. The number of carbonyl (C=O) groups excluding carboxylic acids is 2. The van der Waals surface area contributed by atoms with Gasteiger partial charge in [0.25, 0.3) is 11.8 Å². The second-order valence-electron chi connectivity index (χ2n) is 7.06. The van der Waals surface area contributed by atoms with Gasteiger partial charge in [-0.2, -0.15) is 0 Å². The van der Waals surface area contributed by atoms with Crippen molar-refractivity contribution in [3.05, 3.63) is 47.7 Å². The van der Waals surface area contributed by atoms with Crippen molar-refractivity contribution in [3.8, 4) is 23.0 Å². The highest BCUT2D eigenvalue weighted by Crippen LogP contribution is 2.42. The summed E-state index contributed by atoms with van der Waals surface area (Å²) < 4.78 is 21.6. The number of para-hydroxylation sites is 1. The van der Waals surface area contributed by atoms with Crippen molar-refractivity contribution in [2.45, 2.75) is 19.9 Å². The first kappa shape index (κ1) is 22.0. The largest absolute Gasteiger partial charge is 0.496 e. The number of benzene rings is 2. The lowest BCUT2D eigenvalue weighted by Gasteiger charge is -2.19. The summed E-state index contributed by atoms with van der Waals surface area (Å²) in [5, 5.41) is 3.10. The van der Waals surface area contributed by atoms with Gasteiger partial charge in [-0.1, -0.05) is 18.2 Å². The second kappa shape index (κ2) is 8.99. The van der Waals surface area contributed by atoms with Crippen LogP contribution in [-0.2, 0) is 9.59 Å². The molecule has 1 N–H and O–H groups in total. The Morgan fingerprint density at radius 3 is 1.90 bits per heavy atom. The fourth-order valence-electron chi connectivity index (χ4n) is 3.53. The summed E-state index contributed by atoms with van der Waals surface area (Å²) in [5.41, 5.74) is 1.42. The van der Waals surface area contributed by atoms with Gasteiger partial charge in [0.05, 0.1) is 34.0 Å². The Bertz CT molecular complexity index is 1020. The zero-order valence-corrected chi connectivity index (χ0v) is 18.4. The van der Waals surface area contributed by atoms with E-state index in [1.54, 1.807) is 50.2 Å². The van der Waals surface area contributed by atoms with E-state index in [-0.39, 0.29) is 23.2 Å². The van der Waals surface area contributed by atoms with E-state index in [1.807, 2.05) is 0 Å². The molecule has 3 rings (SSSR count). The van der Waals surface area contributed by atoms with E-state index < -0.39 is 5.91 Å². The summed E-state index contributed by atoms with van der Waals surface area (Å²) in [6.07, 6.45) is 0. The van der Waals surface area contributed by atoms with Gasteiger partial charge >= 0.3 is 0 Å². The number of nitrogens with zero attached hydrogens (tertiary/aromatic N) is 1. The van der Waals surface area contributed by atoms with Crippen molar-refractivity contribution in [1.29, 1.82) is 0 Å². The van der Waals surface area contributed by atoms with Crippen LogP contribution in [0.4, 0.5) is 5.69 Å². The summed E-state index contributed by atoms with van der Waals surface area (Å²) in [4.78, 5) is 27.7. The maximum Gasteiger partial charge on any atom is 0.278 e. The van der Waals surface area contributed by atoms with Gasteiger partial charge < -0.3 is 24.3 Å². The third-order valence-electron chi connectivity index (χ3n) is 4.94. The van der Waals surface area contributed by atoms with E-state index in [9.17, 15) is 9.59 Å². The number of hydrogen-bond acceptors (Lipinski definition) is 7. The highest BCUT2D eigenvalue weighted by Gasteiger charge is 2.41. The van der Waals surface area contributed by atoms with Crippen molar-refractivity contribution in [2.24, 2.45) is 0 Å². The molecule has 0 saturated carbocycles. The number of ether oxygens (including phenoxy) is 4. The number of amides is 2. The molecule has 1 aliphatic rings. The first-order chi connectivity index (χ1) is 14.9. The Hall–Kier alpha value is -3.68. The smallest absolute Gasteiger partial charge is 0.278 e. The molecule has 0 spiro atoms. The third-order valence-corrected chi connectivity index (χ3v) is 4.94. The molecule has 1 aliphatic heterocycles. The van der Waals surface area contributed by atoms with E-state index in [4.69, 9.17) is 18.9 Å². The lowest BCUT2D eigenvalue weighted by molar-refractivity contribution is -0.138. The molecule has 8 heteroatoms. The van der Waals surface area contributed by atoms with Crippen LogP contribution in [0.25, 0.3) is 5.57 Å². The molecule has 0 radical (unpaired) electrons. The van der Waals surface area contributed by atoms with Gasteiger partial charge in [-0.3, -0.25) is 14.5 Å². The monoisotopic (exact) mass is 426 g/mol. The third kappa shape index (κ3) is 3.88. The van der Waals surface area contributed by atoms with Gasteiger partial charge in [-0.25, -0.2) is 0 Å². The minimum absolute atomic E-state index is 0.150. The molecule has 0 aliphatic carbocycles. The highest BCUT2D eigenvalue weighted by molar-refractivity contribution is 6.37. The van der Waals surface area contributed by atoms with Crippen molar-refractivity contribution in [2.75, 3.05) is 33.8 Å². The number of rotatable bonds is 8. The van der Waals surface area contributed by atoms with Crippen molar-refractivity contribution in [3.63, 3.8) is 0 Å². The second-order valence-corrected chi connectivity index (χ2v) is 7.06. The average Bonchev–Trinajstić information content (AvgIpc) is 3.01. The predicted molar refractivity (Wildman–Crippen MR) is 117 cm³/mol. The van der Waals surface area contributed by atoms with Gasteiger partial charge in [0, 0.05) is 29.4 Å². The van der Waals surface area contributed by atoms with E-state index in [0.717, 1.165) is 0 Å². The molecular formula is C23H26N2O6. The summed E-state index contributed by atoms with van der Waals surface area (Å²) in [6, 6.07) is 10.1. The van der Waals surface area contributed by atoms with Gasteiger partial charge in [0.2, 0.25) is 5.75 Å². The first-order valence-electron chi connectivity index (χ1n) is 9.70. The van der Waals surface area contributed by atoms with Gasteiger partial charge in [-0.15, -0.1) is 0 Å². The summed E-state index contributed by atoms with van der Waals surface area (Å²) in [5.74, 6) is 0.942. The van der Waals surface area contributed by atoms with Crippen LogP contribution in [0.2, 0.25) is 0 Å². The SMILES string of the molecule is COc1ccccc1C1=C(Nc2cc(OC)c(OC)c(OC)c2)C(=O)N(C(C)C)C1=O. The molecule has 2 amide bonds. The Morgan fingerprint density at radius 2 is 1.39 bits per heavy atom. The quantitative estimate of drug-likeness (QED) is 0.648. The molecule has 0 atom stereocenters. The lowest BCUT2D eigenvalue weighted by Crippen LogP contribution is -2.38. The Balaban J connectivity index is 2.18. The normalized spacial score (nSPS) is 13.7. The van der Waals surface area contributed by atoms with E-state index in [1.165, 1.54) is 33.3 Å². The Kier molecular flexibility index (Phi) is 6.39. The molecule has 0 unspecified atom stereocenters. The molecular weight excluding hydrogens is 400 g/mol. The van der Waals surface area contributed by atoms with Crippen molar-refractivity contribution in [1.82, 2.24) is 4.90 Å². The molecule has 1 heterocycles. The zero-order chi connectivity index (χ0) is 22.7. The number of nitrogens with one attached hydrogen (secondary N) is 1. The molecule has 0 bridgehead atoms. The van der Waals surface area contributed by atoms with E-state index in [2.05, 4.69) is 5.32 Å². The molecule has 0 fully saturated rings. The highest BCUT2D eigenvalue weighted by atomic mass is 16.5. The summed E-state index contributed by atoms with van der Waals surface area (Å²) >= 11 is 0. The van der Waals surface area contributed by atoms with Gasteiger partial charge in [0.15, 0.2) is 11.5 Å². The van der Waals surface area contributed by atoms with Gasteiger partial charge in [-0.05, 0) is 19.9 Å². The van der Waals surface area contributed by atoms with Crippen LogP contribution in [0.1, 0.15) is 19.4 Å². The van der Waals surface area contributed by atoms with Crippen LogP contribution in [0.5, 0.6) is 23.0 Å². The van der Waals surface area contributed by atoms with Crippen LogP contribution in [0, 0.1) is 0 Å². The fourth-order valence-corrected chi connectivity index (χ4v) is 3.53. The van der Waals surface area contributed by atoms with E-state index in [0.29, 0.717) is 34.2 Å². The number of methoxy groups -OCH3 is 4. The fraction of sp³-hybridized carbons (Fsp3) is 0.304. The Labute approximate surface area is 181 Å². The molecule has 8 nitrogen and oxygen atoms in total. The average molecular weight is 426 g/mol. The molecule has 2 aromatic rings. The predicted octanol–water partition coefficient (Wildman–Crippen LogP) is 3.32. The van der Waals surface area contributed by atoms with Gasteiger partial charge in [0.1, 0.15) is 11.4 Å². The minimum atomic E-state index is -0.422. The topological polar surface area (TPSA) is 86.3 Å².